The summed E-state index contributed by atoms with van der Waals surface area (Å²) in [5.74, 6) is 1.32. The van der Waals surface area contributed by atoms with Gasteiger partial charge in [-0.25, -0.2) is 4.52 Å². The van der Waals surface area contributed by atoms with Crippen molar-refractivity contribution in [2.24, 2.45) is 7.05 Å². The van der Waals surface area contributed by atoms with Gasteiger partial charge in [0.15, 0.2) is 5.75 Å². The standard InChI is InChI=1S/C16H20N6O/c1-20-5-4-12(20)10-23-14-9-18-21(2)16(14)11-3-6-22-13(7-11)8-15(17)19-22/h3,6-9,12H,4-5,10H2,1-2H3,(H2,17,19)/t12-/m1/s1. The molecule has 1 fully saturated rings. The van der Waals surface area contributed by atoms with Gasteiger partial charge in [0.1, 0.15) is 18.1 Å². The summed E-state index contributed by atoms with van der Waals surface area (Å²) in [5.41, 5.74) is 8.71. The number of fused-ring (bicyclic) bond motifs is 1. The van der Waals surface area contributed by atoms with E-state index in [1.165, 1.54) is 6.42 Å². The Kier molecular flexibility index (Phi) is 3.23. The number of likely N-dealkylation sites (tertiary alicyclic amines) is 1. The third-order valence-corrected chi connectivity index (χ3v) is 4.53. The van der Waals surface area contributed by atoms with Gasteiger partial charge in [-0.05, 0) is 32.1 Å². The maximum Gasteiger partial charge on any atom is 0.165 e. The molecule has 0 saturated carbocycles. The van der Waals surface area contributed by atoms with Crippen molar-refractivity contribution in [2.75, 3.05) is 25.9 Å². The van der Waals surface area contributed by atoms with Crippen molar-refractivity contribution in [1.82, 2.24) is 24.3 Å². The van der Waals surface area contributed by atoms with Crippen LogP contribution in [0.3, 0.4) is 0 Å². The number of rotatable bonds is 4. The molecule has 2 N–H and O–H groups in total. The minimum Gasteiger partial charge on any atom is -0.488 e. The number of nitrogens with two attached hydrogens (primary N) is 1. The van der Waals surface area contributed by atoms with Crippen LogP contribution >= 0.6 is 0 Å². The van der Waals surface area contributed by atoms with Crippen LogP contribution in [0.1, 0.15) is 6.42 Å². The summed E-state index contributed by atoms with van der Waals surface area (Å²) in [6.45, 7) is 1.84. The molecular weight excluding hydrogens is 292 g/mol. The van der Waals surface area contributed by atoms with E-state index >= 15 is 0 Å². The molecule has 0 radical (unpaired) electrons. The average Bonchev–Trinajstić information content (AvgIpc) is 3.07. The monoisotopic (exact) mass is 312 g/mol. The molecule has 0 unspecified atom stereocenters. The maximum atomic E-state index is 6.03. The molecule has 0 spiro atoms. The lowest BCUT2D eigenvalue weighted by Crippen LogP contribution is -2.48. The van der Waals surface area contributed by atoms with E-state index in [1.807, 2.05) is 36.1 Å². The van der Waals surface area contributed by atoms with E-state index in [9.17, 15) is 0 Å². The van der Waals surface area contributed by atoms with Gasteiger partial charge in [0.2, 0.25) is 0 Å². The average molecular weight is 312 g/mol. The van der Waals surface area contributed by atoms with Gasteiger partial charge in [-0.3, -0.25) is 9.58 Å². The molecule has 120 valence electrons. The van der Waals surface area contributed by atoms with Crippen LogP contribution in [0.4, 0.5) is 5.82 Å². The zero-order valence-electron chi connectivity index (χ0n) is 13.3. The molecular formula is C16H20N6O. The molecule has 0 bridgehead atoms. The Hall–Kier alpha value is -2.54. The lowest BCUT2D eigenvalue weighted by atomic mass is 10.1. The third-order valence-electron chi connectivity index (χ3n) is 4.53. The fourth-order valence-electron chi connectivity index (χ4n) is 2.98. The van der Waals surface area contributed by atoms with Crippen molar-refractivity contribution in [3.8, 4) is 17.0 Å². The van der Waals surface area contributed by atoms with Crippen LogP contribution in [0.5, 0.6) is 5.75 Å². The largest absolute Gasteiger partial charge is 0.488 e. The van der Waals surface area contributed by atoms with Crippen molar-refractivity contribution >= 4 is 11.3 Å². The minimum absolute atomic E-state index is 0.500. The number of hydrogen-bond donors (Lipinski definition) is 1. The van der Waals surface area contributed by atoms with Gasteiger partial charge in [-0.1, -0.05) is 0 Å². The van der Waals surface area contributed by atoms with Crippen molar-refractivity contribution in [2.45, 2.75) is 12.5 Å². The van der Waals surface area contributed by atoms with Crippen LogP contribution in [0.15, 0.2) is 30.6 Å². The minimum atomic E-state index is 0.500. The van der Waals surface area contributed by atoms with E-state index in [2.05, 4.69) is 22.1 Å². The first kappa shape index (κ1) is 14.1. The number of anilines is 1. The first-order chi connectivity index (χ1) is 11.1. The highest BCUT2D eigenvalue weighted by atomic mass is 16.5. The van der Waals surface area contributed by atoms with Crippen molar-refractivity contribution in [3.63, 3.8) is 0 Å². The summed E-state index contributed by atoms with van der Waals surface area (Å²) in [4.78, 5) is 2.30. The van der Waals surface area contributed by atoms with E-state index in [-0.39, 0.29) is 0 Å². The second kappa shape index (κ2) is 5.27. The predicted molar refractivity (Wildman–Crippen MR) is 88.3 cm³/mol. The quantitative estimate of drug-likeness (QED) is 0.788. The summed E-state index contributed by atoms with van der Waals surface area (Å²) in [6.07, 6.45) is 4.87. The van der Waals surface area contributed by atoms with Crippen LogP contribution in [0.25, 0.3) is 16.8 Å². The van der Waals surface area contributed by atoms with Crippen LogP contribution in [0, 0.1) is 0 Å². The number of hydrogen-bond acceptors (Lipinski definition) is 5. The van der Waals surface area contributed by atoms with Crippen molar-refractivity contribution in [1.29, 1.82) is 0 Å². The van der Waals surface area contributed by atoms with Crippen LogP contribution < -0.4 is 10.5 Å². The number of aromatic nitrogens is 4. The second-order valence-electron chi connectivity index (χ2n) is 6.07. The molecule has 4 rings (SSSR count). The maximum absolute atomic E-state index is 6.03. The zero-order chi connectivity index (χ0) is 16.0. The summed E-state index contributed by atoms with van der Waals surface area (Å²) in [7, 11) is 4.05. The summed E-state index contributed by atoms with van der Waals surface area (Å²) < 4.78 is 9.63. The third kappa shape index (κ3) is 2.43. The second-order valence-corrected chi connectivity index (χ2v) is 6.07. The first-order valence-electron chi connectivity index (χ1n) is 7.72. The van der Waals surface area contributed by atoms with Gasteiger partial charge >= 0.3 is 0 Å². The molecule has 3 aromatic heterocycles. The highest BCUT2D eigenvalue weighted by Crippen LogP contribution is 2.31. The number of nitrogen functional groups attached to an aromatic ring is 1. The van der Waals surface area contributed by atoms with E-state index in [1.54, 1.807) is 10.7 Å². The molecule has 7 nitrogen and oxygen atoms in total. The van der Waals surface area contributed by atoms with Crippen LogP contribution in [-0.4, -0.2) is 50.5 Å². The van der Waals surface area contributed by atoms with Crippen LogP contribution in [-0.2, 0) is 7.05 Å². The number of aryl methyl sites for hydroxylation is 1. The Labute approximate surface area is 134 Å². The van der Waals surface area contributed by atoms with Gasteiger partial charge in [0.05, 0.1) is 11.7 Å². The fourth-order valence-corrected chi connectivity index (χ4v) is 2.98. The van der Waals surface area contributed by atoms with Gasteiger partial charge in [-0.15, -0.1) is 0 Å². The smallest absolute Gasteiger partial charge is 0.165 e. The molecule has 0 aliphatic carbocycles. The molecule has 1 aliphatic heterocycles. The Morgan fingerprint density at radius 1 is 1.35 bits per heavy atom. The van der Waals surface area contributed by atoms with Crippen molar-refractivity contribution < 1.29 is 4.74 Å². The molecule has 0 amide bonds. The summed E-state index contributed by atoms with van der Waals surface area (Å²) in [6, 6.07) is 6.39. The molecule has 4 heterocycles. The molecule has 1 atom stereocenters. The highest BCUT2D eigenvalue weighted by molar-refractivity contribution is 5.71. The number of likely N-dealkylation sites (N-methyl/N-ethyl adjacent to an activating group) is 1. The molecule has 23 heavy (non-hydrogen) atoms. The molecule has 7 heteroatoms. The molecule has 1 saturated heterocycles. The van der Waals surface area contributed by atoms with Gasteiger partial charge in [-0.2, -0.15) is 10.2 Å². The Bertz CT molecular complexity index is 851. The number of nitrogens with zero attached hydrogens (tertiary/aromatic N) is 5. The normalized spacial score (nSPS) is 18.3. The number of ether oxygens (including phenoxy) is 1. The van der Waals surface area contributed by atoms with Gasteiger partial charge < -0.3 is 10.5 Å². The Morgan fingerprint density at radius 2 is 2.22 bits per heavy atom. The molecule has 3 aromatic rings. The molecule has 1 aliphatic rings. The first-order valence-corrected chi connectivity index (χ1v) is 7.72. The lowest BCUT2D eigenvalue weighted by molar-refractivity contribution is 0.0771. The summed E-state index contributed by atoms with van der Waals surface area (Å²) >= 11 is 0. The summed E-state index contributed by atoms with van der Waals surface area (Å²) in [5, 5.41) is 8.55. The number of pyridine rings is 1. The van der Waals surface area contributed by atoms with E-state index in [4.69, 9.17) is 10.5 Å². The highest BCUT2D eigenvalue weighted by Gasteiger charge is 2.25. The zero-order valence-corrected chi connectivity index (χ0v) is 13.3. The topological polar surface area (TPSA) is 73.6 Å². The lowest BCUT2D eigenvalue weighted by Gasteiger charge is -2.37. The van der Waals surface area contributed by atoms with Crippen LogP contribution in [0.2, 0.25) is 0 Å². The Balaban J connectivity index is 1.65. The predicted octanol–water partition coefficient (Wildman–Crippen LogP) is 1.40. The van der Waals surface area contributed by atoms with Gasteiger partial charge in [0, 0.05) is 30.9 Å². The van der Waals surface area contributed by atoms with Gasteiger partial charge in [0.25, 0.3) is 0 Å². The van der Waals surface area contributed by atoms with E-state index in [0.29, 0.717) is 18.5 Å². The van der Waals surface area contributed by atoms with E-state index in [0.717, 1.165) is 29.1 Å². The van der Waals surface area contributed by atoms with E-state index < -0.39 is 0 Å². The van der Waals surface area contributed by atoms with Crippen molar-refractivity contribution in [3.05, 3.63) is 30.6 Å². The molecule has 0 aromatic carbocycles. The SMILES string of the molecule is CN1CC[C@@H]1COc1cnn(C)c1-c1ccn2nc(N)cc2c1. The fraction of sp³-hybridized carbons (Fsp3) is 0.375. The Morgan fingerprint density at radius 3 is 2.96 bits per heavy atom.